The van der Waals surface area contributed by atoms with Crippen LogP contribution in [0.3, 0.4) is 0 Å². The molecule has 0 unspecified atom stereocenters. The molecule has 0 spiro atoms. The molecule has 0 aliphatic carbocycles. The van der Waals surface area contributed by atoms with Crippen molar-refractivity contribution in [3.63, 3.8) is 0 Å². The molecule has 0 atom stereocenters. The molecule has 1 aromatic carbocycles. The second-order valence-electron chi connectivity index (χ2n) is 5.74. The highest BCUT2D eigenvalue weighted by atomic mass is 32.2. The first-order chi connectivity index (χ1) is 13.2. The standard InChI is InChI=1S/C18H19N3O6S/c1-12(22)13-3-8-16(19-11-13)21-28(25,26)15-6-4-14(5-7-15)20-17(23)9-10-18(24)27-2/h3-8,11H,9-10H2,1-2H3,(H,19,21)(H,20,23). The molecule has 1 amide bonds. The van der Waals surface area contributed by atoms with Crippen molar-refractivity contribution in [2.75, 3.05) is 17.1 Å². The predicted molar refractivity (Wildman–Crippen MR) is 101 cm³/mol. The number of ether oxygens (including phenoxy) is 1. The van der Waals surface area contributed by atoms with Gasteiger partial charge in [-0.15, -0.1) is 0 Å². The minimum Gasteiger partial charge on any atom is -0.469 e. The Balaban J connectivity index is 2.01. The maximum Gasteiger partial charge on any atom is 0.306 e. The topological polar surface area (TPSA) is 132 Å². The summed E-state index contributed by atoms with van der Waals surface area (Å²) in [5.41, 5.74) is 0.757. The third kappa shape index (κ3) is 5.88. The van der Waals surface area contributed by atoms with Crippen molar-refractivity contribution < 1.29 is 27.5 Å². The van der Waals surface area contributed by atoms with E-state index in [1.807, 2.05) is 0 Å². The number of anilines is 2. The van der Waals surface area contributed by atoms with Gasteiger partial charge in [-0.3, -0.25) is 19.1 Å². The molecule has 148 valence electrons. The summed E-state index contributed by atoms with van der Waals surface area (Å²) in [5, 5.41) is 2.56. The molecule has 0 saturated heterocycles. The number of sulfonamides is 1. The van der Waals surface area contributed by atoms with Crippen molar-refractivity contribution in [2.45, 2.75) is 24.7 Å². The maximum atomic E-state index is 12.4. The second kappa shape index (κ2) is 9.09. The summed E-state index contributed by atoms with van der Waals surface area (Å²) in [4.78, 5) is 37.9. The first kappa shape index (κ1) is 21.0. The summed E-state index contributed by atoms with van der Waals surface area (Å²) in [6.45, 7) is 1.39. The molecule has 0 fully saturated rings. The molecule has 2 N–H and O–H groups in total. The number of pyridine rings is 1. The van der Waals surface area contributed by atoms with Gasteiger partial charge < -0.3 is 10.1 Å². The molecule has 9 nitrogen and oxygen atoms in total. The normalized spacial score (nSPS) is 10.8. The van der Waals surface area contributed by atoms with Crippen LogP contribution < -0.4 is 10.0 Å². The predicted octanol–water partition coefficient (Wildman–Crippen LogP) is 1.98. The number of nitrogens with zero attached hydrogens (tertiary/aromatic N) is 1. The fraction of sp³-hybridized carbons (Fsp3) is 0.222. The Bertz CT molecular complexity index is 969. The lowest BCUT2D eigenvalue weighted by atomic mass is 10.2. The molecule has 2 rings (SSSR count). The highest BCUT2D eigenvalue weighted by Gasteiger charge is 2.15. The van der Waals surface area contributed by atoms with E-state index >= 15 is 0 Å². The van der Waals surface area contributed by atoms with E-state index in [9.17, 15) is 22.8 Å². The number of rotatable bonds is 8. The Morgan fingerprint density at radius 1 is 1.04 bits per heavy atom. The zero-order chi connectivity index (χ0) is 20.7. The number of benzene rings is 1. The number of amides is 1. The summed E-state index contributed by atoms with van der Waals surface area (Å²) >= 11 is 0. The van der Waals surface area contributed by atoms with Gasteiger partial charge in [-0.25, -0.2) is 13.4 Å². The maximum absolute atomic E-state index is 12.4. The number of ketones is 1. The van der Waals surface area contributed by atoms with E-state index in [1.165, 1.54) is 56.6 Å². The average molecular weight is 405 g/mol. The van der Waals surface area contributed by atoms with Crippen molar-refractivity contribution in [2.24, 2.45) is 0 Å². The van der Waals surface area contributed by atoms with Gasteiger partial charge in [0.05, 0.1) is 18.4 Å². The number of carbonyl (C=O) groups is 3. The third-order valence-electron chi connectivity index (χ3n) is 3.64. The fourth-order valence-electron chi connectivity index (χ4n) is 2.12. The number of carbonyl (C=O) groups excluding carboxylic acids is 3. The quantitative estimate of drug-likeness (QED) is 0.507. The minimum atomic E-state index is -3.89. The third-order valence-corrected chi connectivity index (χ3v) is 5.01. The lowest BCUT2D eigenvalue weighted by Crippen LogP contribution is -2.15. The van der Waals surface area contributed by atoms with Crippen LogP contribution in [0.15, 0.2) is 47.5 Å². The SMILES string of the molecule is COC(=O)CCC(=O)Nc1ccc(S(=O)(=O)Nc2ccc(C(C)=O)cn2)cc1. The summed E-state index contributed by atoms with van der Waals surface area (Å²) in [6, 6.07) is 8.36. The van der Waals surface area contributed by atoms with Crippen molar-refractivity contribution >= 4 is 39.2 Å². The Kier molecular flexibility index (Phi) is 6.83. The zero-order valence-electron chi connectivity index (χ0n) is 15.3. The largest absolute Gasteiger partial charge is 0.469 e. The highest BCUT2D eigenvalue weighted by molar-refractivity contribution is 7.92. The molecule has 0 radical (unpaired) electrons. The van der Waals surface area contributed by atoms with E-state index in [0.29, 0.717) is 11.3 Å². The van der Waals surface area contributed by atoms with Crippen molar-refractivity contribution in [3.8, 4) is 0 Å². The van der Waals surface area contributed by atoms with Gasteiger partial charge in [0.2, 0.25) is 5.91 Å². The first-order valence-electron chi connectivity index (χ1n) is 8.18. The van der Waals surface area contributed by atoms with E-state index in [1.54, 1.807) is 0 Å². The van der Waals surface area contributed by atoms with Gasteiger partial charge in [0.25, 0.3) is 10.0 Å². The zero-order valence-corrected chi connectivity index (χ0v) is 16.1. The van der Waals surface area contributed by atoms with Gasteiger partial charge in [-0.05, 0) is 43.3 Å². The molecule has 0 aliphatic rings. The van der Waals surface area contributed by atoms with Crippen LogP contribution >= 0.6 is 0 Å². The molecular formula is C18H19N3O6S. The van der Waals surface area contributed by atoms with Crippen LogP contribution in [0.4, 0.5) is 11.5 Å². The lowest BCUT2D eigenvalue weighted by molar-refractivity contribution is -0.141. The molecule has 2 aromatic rings. The van der Waals surface area contributed by atoms with Crippen LogP contribution in [0.25, 0.3) is 0 Å². The molecule has 0 bridgehead atoms. The first-order valence-corrected chi connectivity index (χ1v) is 9.66. The number of hydrogen-bond donors (Lipinski definition) is 2. The van der Waals surface area contributed by atoms with E-state index in [2.05, 4.69) is 19.8 Å². The van der Waals surface area contributed by atoms with Crippen LogP contribution in [0.2, 0.25) is 0 Å². The summed E-state index contributed by atoms with van der Waals surface area (Å²) in [7, 11) is -2.65. The molecule has 1 aromatic heterocycles. The van der Waals surface area contributed by atoms with E-state index < -0.39 is 21.9 Å². The number of methoxy groups -OCH3 is 1. The van der Waals surface area contributed by atoms with E-state index in [-0.39, 0.29) is 29.3 Å². The molecule has 0 aliphatic heterocycles. The monoisotopic (exact) mass is 405 g/mol. The number of aromatic nitrogens is 1. The summed E-state index contributed by atoms with van der Waals surface area (Å²) in [5.74, 6) is -0.988. The van der Waals surface area contributed by atoms with Crippen LogP contribution in [0, 0.1) is 0 Å². The number of esters is 1. The van der Waals surface area contributed by atoms with Crippen LogP contribution in [0.1, 0.15) is 30.1 Å². The Labute approximate surface area is 162 Å². The Morgan fingerprint density at radius 2 is 1.71 bits per heavy atom. The molecule has 10 heteroatoms. The van der Waals surface area contributed by atoms with E-state index in [4.69, 9.17) is 0 Å². The minimum absolute atomic E-state index is 0.0301. The number of hydrogen-bond acceptors (Lipinski definition) is 7. The molecule has 0 saturated carbocycles. The van der Waals surface area contributed by atoms with Crippen molar-refractivity contribution in [3.05, 3.63) is 48.2 Å². The van der Waals surface area contributed by atoms with Gasteiger partial charge in [0, 0.05) is 23.9 Å². The van der Waals surface area contributed by atoms with Crippen molar-refractivity contribution in [1.82, 2.24) is 4.98 Å². The van der Waals surface area contributed by atoms with Crippen LogP contribution in [-0.2, 0) is 24.3 Å². The van der Waals surface area contributed by atoms with Gasteiger partial charge in [-0.1, -0.05) is 0 Å². The van der Waals surface area contributed by atoms with Gasteiger partial charge in [-0.2, -0.15) is 0 Å². The van der Waals surface area contributed by atoms with E-state index in [0.717, 1.165) is 0 Å². The number of Topliss-reactive ketones (excluding diaryl/α,β-unsaturated/α-hetero) is 1. The number of nitrogens with one attached hydrogen (secondary N) is 2. The molecule has 1 heterocycles. The smallest absolute Gasteiger partial charge is 0.306 e. The Hall–Kier alpha value is -3.27. The fourth-order valence-corrected chi connectivity index (χ4v) is 3.13. The van der Waals surface area contributed by atoms with Gasteiger partial charge >= 0.3 is 5.97 Å². The van der Waals surface area contributed by atoms with Crippen LogP contribution in [-0.4, -0.2) is 38.2 Å². The molecular weight excluding hydrogens is 386 g/mol. The summed E-state index contributed by atoms with van der Waals surface area (Å²) in [6.07, 6.45) is 1.19. The highest BCUT2D eigenvalue weighted by Crippen LogP contribution is 2.18. The van der Waals surface area contributed by atoms with Gasteiger partial charge in [0.15, 0.2) is 5.78 Å². The van der Waals surface area contributed by atoms with Crippen LogP contribution in [0.5, 0.6) is 0 Å². The van der Waals surface area contributed by atoms with Gasteiger partial charge in [0.1, 0.15) is 5.82 Å². The van der Waals surface area contributed by atoms with Crippen molar-refractivity contribution in [1.29, 1.82) is 0 Å². The second-order valence-corrected chi connectivity index (χ2v) is 7.42. The average Bonchev–Trinajstić information content (AvgIpc) is 2.66. The molecule has 28 heavy (non-hydrogen) atoms. The Morgan fingerprint density at radius 3 is 2.25 bits per heavy atom. The lowest BCUT2D eigenvalue weighted by Gasteiger charge is -2.09. The summed E-state index contributed by atoms with van der Waals surface area (Å²) < 4.78 is 31.6.